The monoisotopic (exact) mass is 215 g/mol. The first-order chi connectivity index (χ1) is 7.74. The van der Waals surface area contributed by atoms with Gasteiger partial charge in [-0.3, -0.25) is 0 Å². The fraction of sp³-hybridized carbons (Fsp3) is 0.600. The summed E-state index contributed by atoms with van der Waals surface area (Å²) in [5.74, 6) is 2.92. The topological polar surface area (TPSA) is 26.0 Å². The first kappa shape index (κ1) is 10.3. The summed E-state index contributed by atoms with van der Waals surface area (Å²) in [6.45, 7) is 4.63. The number of hydrogen-bond acceptors (Lipinski definition) is 1. The molecule has 1 heteroatoms. The SMILES string of the molecule is CCC1C(N)C2CC(C)c3ccccc3C12. The fourth-order valence-electron chi connectivity index (χ4n) is 4.06. The zero-order valence-corrected chi connectivity index (χ0v) is 10.2. The molecule has 0 aliphatic heterocycles. The van der Waals surface area contributed by atoms with Gasteiger partial charge < -0.3 is 5.73 Å². The van der Waals surface area contributed by atoms with E-state index in [1.165, 1.54) is 12.8 Å². The molecule has 5 unspecified atom stereocenters. The van der Waals surface area contributed by atoms with E-state index >= 15 is 0 Å². The summed E-state index contributed by atoms with van der Waals surface area (Å²) in [5, 5.41) is 0. The minimum Gasteiger partial charge on any atom is -0.327 e. The maximum Gasteiger partial charge on any atom is 0.0108 e. The molecule has 86 valence electrons. The van der Waals surface area contributed by atoms with Crippen LogP contribution in [0.1, 0.15) is 49.7 Å². The normalized spacial score (nSPS) is 40.8. The molecule has 2 aliphatic carbocycles. The second kappa shape index (κ2) is 3.59. The summed E-state index contributed by atoms with van der Waals surface area (Å²) in [7, 11) is 0. The van der Waals surface area contributed by atoms with Crippen molar-refractivity contribution >= 4 is 0 Å². The Bertz CT molecular complexity index is 398. The van der Waals surface area contributed by atoms with Crippen LogP contribution in [-0.4, -0.2) is 6.04 Å². The van der Waals surface area contributed by atoms with Crippen LogP contribution >= 0.6 is 0 Å². The van der Waals surface area contributed by atoms with Gasteiger partial charge in [-0.1, -0.05) is 44.5 Å². The molecule has 0 heterocycles. The van der Waals surface area contributed by atoms with Gasteiger partial charge in [0.25, 0.3) is 0 Å². The standard InChI is InChI=1S/C15H21N/c1-3-10-14-12-7-5-4-6-11(12)9(2)8-13(14)15(10)16/h4-7,9-10,13-15H,3,8,16H2,1-2H3. The van der Waals surface area contributed by atoms with Crippen LogP contribution in [0.25, 0.3) is 0 Å². The number of benzene rings is 1. The van der Waals surface area contributed by atoms with Gasteiger partial charge in [0.05, 0.1) is 0 Å². The van der Waals surface area contributed by atoms with Gasteiger partial charge in [0.2, 0.25) is 0 Å². The third-order valence-electron chi connectivity index (χ3n) is 4.89. The van der Waals surface area contributed by atoms with Crippen molar-refractivity contribution in [3.05, 3.63) is 35.4 Å². The summed E-state index contributed by atoms with van der Waals surface area (Å²) < 4.78 is 0. The van der Waals surface area contributed by atoms with E-state index in [2.05, 4.69) is 38.1 Å². The minimum atomic E-state index is 0.450. The van der Waals surface area contributed by atoms with E-state index in [-0.39, 0.29) is 0 Å². The molecule has 3 rings (SSSR count). The van der Waals surface area contributed by atoms with Gasteiger partial charge in [-0.2, -0.15) is 0 Å². The van der Waals surface area contributed by atoms with Crippen molar-refractivity contribution in [3.8, 4) is 0 Å². The number of rotatable bonds is 1. The molecule has 2 N–H and O–H groups in total. The fourth-order valence-corrected chi connectivity index (χ4v) is 4.06. The average molecular weight is 215 g/mol. The molecule has 0 radical (unpaired) electrons. The first-order valence-corrected chi connectivity index (χ1v) is 6.58. The third-order valence-corrected chi connectivity index (χ3v) is 4.89. The van der Waals surface area contributed by atoms with Crippen molar-refractivity contribution < 1.29 is 0 Å². The van der Waals surface area contributed by atoms with Crippen molar-refractivity contribution in [2.45, 2.75) is 44.6 Å². The van der Waals surface area contributed by atoms with Gasteiger partial charge in [-0.05, 0) is 41.2 Å². The summed E-state index contributed by atoms with van der Waals surface area (Å²) in [5.41, 5.74) is 9.48. The highest BCUT2D eigenvalue weighted by Gasteiger charge is 2.51. The van der Waals surface area contributed by atoms with Crippen molar-refractivity contribution in [2.24, 2.45) is 17.6 Å². The molecule has 0 spiro atoms. The van der Waals surface area contributed by atoms with E-state index in [1.54, 1.807) is 11.1 Å². The van der Waals surface area contributed by atoms with E-state index in [0.717, 1.165) is 17.8 Å². The molecule has 0 amide bonds. The molecule has 2 aliphatic rings. The van der Waals surface area contributed by atoms with Crippen LogP contribution in [0.2, 0.25) is 0 Å². The lowest BCUT2D eigenvalue weighted by Gasteiger charge is -2.55. The van der Waals surface area contributed by atoms with E-state index in [9.17, 15) is 0 Å². The zero-order chi connectivity index (χ0) is 11.3. The lowest BCUT2D eigenvalue weighted by atomic mass is 9.51. The maximum atomic E-state index is 6.31. The van der Waals surface area contributed by atoms with E-state index in [0.29, 0.717) is 12.0 Å². The molecule has 0 saturated heterocycles. The number of hydrogen-bond donors (Lipinski definition) is 1. The van der Waals surface area contributed by atoms with Crippen LogP contribution in [0.15, 0.2) is 24.3 Å². The van der Waals surface area contributed by atoms with Gasteiger partial charge in [0.1, 0.15) is 0 Å². The Morgan fingerprint density at radius 2 is 1.94 bits per heavy atom. The van der Waals surface area contributed by atoms with Crippen molar-refractivity contribution in [3.63, 3.8) is 0 Å². The smallest absolute Gasteiger partial charge is 0.0108 e. The molecule has 1 aromatic carbocycles. The number of fused-ring (bicyclic) bond motifs is 3. The quantitative estimate of drug-likeness (QED) is 0.764. The molecular formula is C15H21N. The Hall–Kier alpha value is -0.820. The molecule has 1 nitrogen and oxygen atoms in total. The Kier molecular flexibility index (Phi) is 2.32. The highest BCUT2D eigenvalue weighted by atomic mass is 14.8. The molecule has 1 aromatic rings. The van der Waals surface area contributed by atoms with Crippen molar-refractivity contribution in [1.82, 2.24) is 0 Å². The van der Waals surface area contributed by atoms with Gasteiger partial charge in [0, 0.05) is 6.04 Å². The molecule has 5 atom stereocenters. The second-order valence-electron chi connectivity index (χ2n) is 5.60. The van der Waals surface area contributed by atoms with Gasteiger partial charge in [-0.25, -0.2) is 0 Å². The maximum absolute atomic E-state index is 6.31. The Morgan fingerprint density at radius 3 is 2.62 bits per heavy atom. The predicted molar refractivity (Wildman–Crippen MR) is 67.5 cm³/mol. The zero-order valence-electron chi connectivity index (χ0n) is 10.2. The van der Waals surface area contributed by atoms with E-state index in [4.69, 9.17) is 5.73 Å². The minimum absolute atomic E-state index is 0.450. The Morgan fingerprint density at radius 1 is 1.25 bits per heavy atom. The summed E-state index contributed by atoms with van der Waals surface area (Å²) in [6, 6.07) is 9.45. The Balaban J connectivity index is 2.03. The van der Waals surface area contributed by atoms with Crippen LogP contribution in [0.4, 0.5) is 0 Å². The molecule has 16 heavy (non-hydrogen) atoms. The van der Waals surface area contributed by atoms with Gasteiger partial charge >= 0.3 is 0 Å². The average Bonchev–Trinajstić information content (AvgIpc) is 2.32. The van der Waals surface area contributed by atoms with Crippen molar-refractivity contribution in [1.29, 1.82) is 0 Å². The van der Waals surface area contributed by atoms with E-state index < -0.39 is 0 Å². The van der Waals surface area contributed by atoms with Crippen LogP contribution in [0.5, 0.6) is 0 Å². The largest absolute Gasteiger partial charge is 0.327 e. The molecule has 0 aromatic heterocycles. The predicted octanol–water partition coefficient (Wildman–Crippen LogP) is 3.26. The van der Waals surface area contributed by atoms with Crippen LogP contribution in [0, 0.1) is 11.8 Å². The molecule has 1 saturated carbocycles. The molecular weight excluding hydrogens is 194 g/mol. The van der Waals surface area contributed by atoms with Crippen LogP contribution in [-0.2, 0) is 0 Å². The van der Waals surface area contributed by atoms with Crippen molar-refractivity contribution in [2.75, 3.05) is 0 Å². The highest BCUT2D eigenvalue weighted by molar-refractivity contribution is 5.40. The lowest BCUT2D eigenvalue weighted by Crippen LogP contribution is -2.56. The summed E-state index contributed by atoms with van der Waals surface area (Å²) in [4.78, 5) is 0. The summed E-state index contributed by atoms with van der Waals surface area (Å²) in [6.07, 6.45) is 2.52. The third kappa shape index (κ3) is 1.21. The lowest BCUT2D eigenvalue weighted by molar-refractivity contribution is 0.0702. The van der Waals surface area contributed by atoms with Gasteiger partial charge in [-0.15, -0.1) is 0 Å². The summed E-state index contributed by atoms with van der Waals surface area (Å²) >= 11 is 0. The van der Waals surface area contributed by atoms with Crippen LogP contribution in [0.3, 0.4) is 0 Å². The first-order valence-electron chi connectivity index (χ1n) is 6.58. The highest BCUT2D eigenvalue weighted by Crippen LogP contribution is 2.56. The van der Waals surface area contributed by atoms with Crippen LogP contribution < -0.4 is 5.73 Å². The Labute approximate surface area is 98.0 Å². The van der Waals surface area contributed by atoms with E-state index in [1.807, 2.05) is 0 Å². The second-order valence-corrected chi connectivity index (χ2v) is 5.60. The molecule has 1 fully saturated rings. The van der Waals surface area contributed by atoms with Gasteiger partial charge in [0.15, 0.2) is 0 Å². The molecule has 0 bridgehead atoms. The number of nitrogens with two attached hydrogens (primary N) is 1.